The zero-order valence-electron chi connectivity index (χ0n) is 10.3. The van der Waals surface area contributed by atoms with Crippen LogP contribution in [0.15, 0.2) is 47.1 Å². The first-order valence-electron chi connectivity index (χ1n) is 5.93. The minimum absolute atomic E-state index is 0.263. The second kappa shape index (κ2) is 4.76. The molecule has 3 rings (SSSR count). The van der Waals surface area contributed by atoms with E-state index in [2.05, 4.69) is 20.9 Å². The van der Waals surface area contributed by atoms with Crippen LogP contribution < -0.4 is 5.73 Å². The number of nitrogens with one attached hydrogen (secondary N) is 1. The van der Waals surface area contributed by atoms with Crippen LogP contribution in [0.1, 0.15) is 15.9 Å². The van der Waals surface area contributed by atoms with Gasteiger partial charge in [0.2, 0.25) is 0 Å². The van der Waals surface area contributed by atoms with E-state index in [-0.39, 0.29) is 5.78 Å². The van der Waals surface area contributed by atoms with Gasteiger partial charge in [-0.1, -0.05) is 6.07 Å². The summed E-state index contributed by atoms with van der Waals surface area (Å²) in [6, 6.07) is 9.59. The molecule has 0 aliphatic carbocycles. The minimum atomic E-state index is -0.419. The first kappa shape index (κ1) is 12.9. The van der Waals surface area contributed by atoms with Crippen molar-refractivity contribution in [3.8, 4) is 0 Å². The summed E-state index contributed by atoms with van der Waals surface area (Å²) in [5.41, 5.74) is 7.57. The van der Waals surface area contributed by atoms with Gasteiger partial charge < -0.3 is 10.7 Å². The van der Waals surface area contributed by atoms with Crippen LogP contribution in [0.3, 0.4) is 0 Å². The van der Waals surface area contributed by atoms with Gasteiger partial charge in [-0.25, -0.2) is 4.39 Å². The van der Waals surface area contributed by atoms with Gasteiger partial charge in [0, 0.05) is 32.8 Å². The number of H-pyrrole nitrogens is 1. The number of aromatic amines is 1. The summed E-state index contributed by atoms with van der Waals surface area (Å²) in [6.45, 7) is 0. The van der Waals surface area contributed by atoms with Crippen LogP contribution in [-0.4, -0.2) is 10.8 Å². The van der Waals surface area contributed by atoms with Gasteiger partial charge in [-0.2, -0.15) is 0 Å². The molecule has 0 aliphatic rings. The number of hydrogen-bond acceptors (Lipinski definition) is 2. The monoisotopic (exact) mass is 332 g/mol. The first-order valence-corrected chi connectivity index (χ1v) is 6.72. The molecule has 1 heterocycles. The third kappa shape index (κ3) is 2.00. The number of nitrogen functional groups attached to an aromatic ring is 1. The molecule has 0 radical (unpaired) electrons. The molecular formula is C15H10BrFN2O. The fraction of sp³-hybridized carbons (Fsp3) is 0. The lowest BCUT2D eigenvalue weighted by molar-refractivity contribution is 0.104. The van der Waals surface area contributed by atoms with Crippen molar-refractivity contribution in [2.75, 3.05) is 5.73 Å². The standard InChI is InChI=1S/C15H10BrFN2O/c16-10-5-4-8(6-12(10)18)15(20)9-7-19-13-3-1-2-11(17)14(9)13/h1-7,19H,18H2. The number of halogens is 2. The van der Waals surface area contributed by atoms with Crippen LogP contribution >= 0.6 is 15.9 Å². The maximum absolute atomic E-state index is 13.9. The van der Waals surface area contributed by atoms with E-state index in [0.29, 0.717) is 27.7 Å². The molecule has 0 fully saturated rings. The number of aromatic nitrogens is 1. The SMILES string of the molecule is Nc1cc(C(=O)c2c[nH]c3cccc(F)c23)ccc1Br. The van der Waals surface area contributed by atoms with Gasteiger partial charge in [0.25, 0.3) is 0 Å². The third-order valence-electron chi connectivity index (χ3n) is 3.16. The van der Waals surface area contributed by atoms with E-state index in [1.807, 2.05) is 0 Å². The van der Waals surface area contributed by atoms with Crippen LogP contribution in [0.5, 0.6) is 0 Å². The van der Waals surface area contributed by atoms with Crippen LogP contribution in [0.2, 0.25) is 0 Å². The Morgan fingerprint density at radius 3 is 2.80 bits per heavy atom. The van der Waals surface area contributed by atoms with Crippen molar-refractivity contribution in [2.45, 2.75) is 0 Å². The summed E-state index contributed by atoms with van der Waals surface area (Å²) in [6.07, 6.45) is 1.52. The van der Waals surface area contributed by atoms with Crippen molar-refractivity contribution in [3.05, 3.63) is 64.0 Å². The largest absolute Gasteiger partial charge is 0.398 e. The highest BCUT2D eigenvalue weighted by atomic mass is 79.9. The predicted octanol–water partition coefficient (Wildman–Crippen LogP) is 3.88. The average Bonchev–Trinajstić information content (AvgIpc) is 2.86. The van der Waals surface area contributed by atoms with Gasteiger partial charge in [-0.3, -0.25) is 4.79 Å². The van der Waals surface area contributed by atoms with Crippen LogP contribution in [0.25, 0.3) is 10.9 Å². The number of anilines is 1. The van der Waals surface area contributed by atoms with E-state index < -0.39 is 5.82 Å². The number of nitrogens with two attached hydrogens (primary N) is 1. The molecule has 3 nitrogen and oxygen atoms in total. The van der Waals surface area contributed by atoms with Gasteiger partial charge >= 0.3 is 0 Å². The molecule has 3 aromatic rings. The zero-order chi connectivity index (χ0) is 14.3. The lowest BCUT2D eigenvalue weighted by atomic mass is 10.0. The van der Waals surface area contributed by atoms with E-state index in [1.165, 1.54) is 12.3 Å². The molecular weight excluding hydrogens is 323 g/mol. The third-order valence-corrected chi connectivity index (χ3v) is 3.88. The zero-order valence-corrected chi connectivity index (χ0v) is 11.9. The molecule has 2 aromatic carbocycles. The Morgan fingerprint density at radius 2 is 2.05 bits per heavy atom. The summed E-state index contributed by atoms with van der Waals surface area (Å²) in [5, 5.41) is 0.305. The highest BCUT2D eigenvalue weighted by molar-refractivity contribution is 9.10. The smallest absolute Gasteiger partial charge is 0.195 e. The van der Waals surface area contributed by atoms with Gasteiger partial charge in [0.15, 0.2) is 5.78 Å². The molecule has 0 saturated heterocycles. The Labute approximate surface area is 122 Å². The van der Waals surface area contributed by atoms with E-state index in [9.17, 15) is 9.18 Å². The maximum atomic E-state index is 13.9. The molecule has 5 heteroatoms. The van der Waals surface area contributed by atoms with E-state index in [4.69, 9.17) is 5.73 Å². The number of carbonyl (C=O) groups is 1. The Balaban J connectivity index is 2.15. The molecule has 0 unspecified atom stereocenters. The fourth-order valence-electron chi connectivity index (χ4n) is 2.16. The molecule has 20 heavy (non-hydrogen) atoms. The van der Waals surface area contributed by atoms with Gasteiger partial charge in [0.05, 0.1) is 5.56 Å². The van der Waals surface area contributed by atoms with E-state index in [1.54, 1.807) is 30.3 Å². The summed E-state index contributed by atoms with van der Waals surface area (Å²) in [5.74, 6) is -0.683. The summed E-state index contributed by atoms with van der Waals surface area (Å²) in [4.78, 5) is 15.4. The number of benzene rings is 2. The molecule has 0 amide bonds. The number of carbonyl (C=O) groups excluding carboxylic acids is 1. The molecule has 0 bridgehead atoms. The highest BCUT2D eigenvalue weighted by Gasteiger charge is 2.17. The van der Waals surface area contributed by atoms with Gasteiger partial charge in [-0.15, -0.1) is 0 Å². The molecule has 3 N–H and O–H groups in total. The average molecular weight is 333 g/mol. The second-order valence-corrected chi connectivity index (χ2v) is 5.28. The minimum Gasteiger partial charge on any atom is -0.398 e. The Morgan fingerprint density at radius 1 is 1.25 bits per heavy atom. The molecule has 0 aliphatic heterocycles. The van der Waals surface area contributed by atoms with Crippen molar-refractivity contribution in [1.29, 1.82) is 0 Å². The van der Waals surface area contributed by atoms with Crippen molar-refractivity contribution in [1.82, 2.24) is 4.98 Å². The van der Waals surface area contributed by atoms with Crippen LogP contribution in [-0.2, 0) is 0 Å². The molecule has 0 atom stereocenters. The summed E-state index contributed by atoms with van der Waals surface area (Å²) < 4.78 is 14.6. The highest BCUT2D eigenvalue weighted by Crippen LogP contribution is 2.26. The summed E-state index contributed by atoms with van der Waals surface area (Å²) in [7, 11) is 0. The predicted molar refractivity (Wildman–Crippen MR) is 80.2 cm³/mol. The van der Waals surface area contributed by atoms with Crippen molar-refractivity contribution in [3.63, 3.8) is 0 Å². The van der Waals surface area contributed by atoms with Crippen molar-refractivity contribution >= 4 is 38.3 Å². The lowest BCUT2D eigenvalue weighted by Crippen LogP contribution is -2.02. The number of ketones is 1. The maximum Gasteiger partial charge on any atom is 0.195 e. The normalized spacial score (nSPS) is 10.9. The van der Waals surface area contributed by atoms with Crippen LogP contribution in [0, 0.1) is 5.82 Å². The Hall–Kier alpha value is -2.14. The Kier molecular flexibility index (Phi) is 3.06. The van der Waals surface area contributed by atoms with Crippen molar-refractivity contribution < 1.29 is 9.18 Å². The fourth-order valence-corrected chi connectivity index (χ4v) is 2.41. The lowest BCUT2D eigenvalue weighted by Gasteiger charge is -2.03. The first-order chi connectivity index (χ1) is 9.58. The quantitative estimate of drug-likeness (QED) is 0.552. The van der Waals surface area contributed by atoms with Gasteiger partial charge in [-0.05, 0) is 46.3 Å². The van der Waals surface area contributed by atoms with E-state index in [0.717, 1.165) is 4.47 Å². The number of fused-ring (bicyclic) bond motifs is 1. The van der Waals surface area contributed by atoms with Crippen LogP contribution in [0.4, 0.5) is 10.1 Å². The molecule has 0 saturated carbocycles. The van der Waals surface area contributed by atoms with Crippen molar-refractivity contribution in [2.24, 2.45) is 0 Å². The number of hydrogen-bond donors (Lipinski definition) is 2. The van der Waals surface area contributed by atoms with E-state index >= 15 is 0 Å². The topological polar surface area (TPSA) is 58.9 Å². The second-order valence-electron chi connectivity index (χ2n) is 4.43. The van der Waals surface area contributed by atoms with Gasteiger partial charge in [0.1, 0.15) is 5.82 Å². The Bertz CT molecular complexity index is 826. The molecule has 0 spiro atoms. The summed E-state index contributed by atoms with van der Waals surface area (Å²) >= 11 is 3.28. The molecule has 100 valence electrons. The number of rotatable bonds is 2. The molecule has 1 aromatic heterocycles.